The van der Waals surface area contributed by atoms with Crippen molar-refractivity contribution in [3.05, 3.63) is 67.5 Å². The van der Waals surface area contributed by atoms with E-state index < -0.39 is 58.6 Å². The van der Waals surface area contributed by atoms with E-state index in [1.807, 2.05) is 51.8 Å². The van der Waals surface area contributed by atoms with Crippen molar-refractivity contribution in [1.29, 1.82) is 0 Å². The predicted molar refractivity (Wildman–Crippen MR) is 194 cm³/mol. The van der Waals surface area contributed by atoms with Crippen molar-refractivity contribution in [3.63, 3.8) is 0 Å². The van der Waals surface area contributed by atoms with Crippen LogP contribution in [0.1, 0.15) is 94.6 Å². The van der Waals surface area contributed by atoms with E-state index in [1.165, 1.54) is 6.20 Å². The van der Waals surface area contributed by atoms with E-state index in [0.717, 1.165) is 15.3 Å². The standard InChI is InChI=1S/C19H29F3N2O3.C17H25F3N2O3.ClH/c1-6-27-18(26)16(10-13(2)3)24-12-14(8-7-9-23(4)5)15(11-17(24)25)19(20,21)22;1-11(2)8-14(16(24)25)22-10-12(6-5-7-21(3)4)13(9-15(22)23)17(18,19)20;/h11-13,16H,6-10H2,1-5H3;9-11,14H,5-8H2,1-4H3,(H,24,25);1H. The number of carbonyl (C=O) groups is 2. The Bertz CT molecular complexity index is 1570. The third kappa shape index (κ3) is 16.7. The first-order valence-electron chi connectivity index (χ1n) is 17.2. The number of carbonyl (C=O) groups excluding carboxylic acids is 1. The van der Waals surface area contributed by atoms with Gasteiger partial charge in [0.05, 0.1) is 17.7 Å². The molecular weight excluding hydrogens is 734 g/mol. The molecule has 10 nitrogen and oxygen atoms in total. The summed E-state index contributed by atoms with van der Waals surface area (Å²) >= 11 is 0. The Kier molecular flexibility index (Phi) is 20.7. The number of aryl methyl sites for hydroxylation is 2. The summed E-state index contributed by atoms with van der Waals surface area (Å²) in [6.45, 7) is 10.3. The Hall–Kier alpha value is -3.37. The highest BCUT2D eigenvalue weighted by atomic mass is 35.5. The monoisotopic (exact) mass is 788 g/mol. The molecule has 0 fully saturated rings. The SMILES string of the molecule is CC(C)CC(C(=O)O)n1cc(CCCN(C)C)c(C(F)(F)F)cc1=O.CCOC(=O)C(CC(C)C)n1cc(CCCN(C)C)c(C(F)(F)F)cc1=O.Cl. The van der Waals surface area contributed by atoms with E-state index >= 15 is 0 Å². The fourth-order valence-corrected chi connectivity index (χ4v) is 5.56. The molecule has 53 heavy (non-hydrogen) atoms. The lowest BCUT2D eigenvalue weighted by Gasteiger charge is -2.22. The first-order chi connectivity index (χ1) is 23.9. The number of hydrogen-bond acceptors (Lipinski definition) is 7. The highest BCUT2D eigenvalue weighted by molar-refractivity contribution is 5.85. The number of halogens is 7. The number of nitrogens with zero attached hydrogens (tertiary/aromatic N) is 4. The summed E-state index contributed by atoms with van der Waals surface area (Å²) in [6.07, 6.45) is -5.30. The van der Waals surface area contributed by atoms with Crippen LogP contribution in [0.15, 0.2) is 34.1 Å². The highest BCUT2D eigenvalue weighted by Crippen LogP contribution is 2.33. The van der Waals surface area contributed by atoms with E-state index in [1.54, 1.807) is 20.8 Å². The molecule has 17 heteroatoms. The van der Waals surface area contributed by atoms with Gasteiger partial charge in [0.2, 0.25) is 0 Å². The van der Waals surface area contributed by atoms with E-state index in [9.17, 15) is 50.6 Å². The summed E-state index contributed by atoms with van der Waals surface area (Å²) in [5.41, 5.74) is -3.75. The van der Waals surface area contributed by atoms with Gasteiger partial charge in [-0.1, -0.05) is 27.7 Å². The van der Waals surface area contributed by atoms with E-state index in [0.29, 0.717) is 44.5 Å². The van der Waals surface area contributed by atoms with Gasteiger partial charge in [0.15, 0.2) is 0 Å². The maximum absolute atomic E-state index is 13.4. The molecule has 0 radical (unpaired) electrons. The van der Waals surface area contributed by atoms with Crippen molar-refractivity contribution < 1.29 is 45.8 Å². The van der Waals surface area contributed by atoms with Crippen molar-refractivity contribution in [2.45, 2.75) is 97.6 Å². The first-order valence-corrected chi connectivity index (χ1v) is 17.2. The topological polar surface area (TPSA) is 114 Å². The number of rotatable bonds is 17. The molecule has 2 rings (SSSR count). The van der Waals surface area contributed by atoms with Crippen molar-refractivity contribution in [2.75, 3.05) is 47.9 Å². The van der Waals surface area contributed by atoms with Crippen LogP contribution >= 0.6 is 12.4 Å². The summed E-state index contributed by atoms with van der Waals surface area (Å²) in [5.74, 6) is -1.79. The molecule has 0 bridgehead atoms. The highest BCUT2D eigenvalue weighted by Gasteiger charge is 2.36. The number of ether oxygens (including phenoxy) is 1. The number of pyridine rings is 2. The van der Waals surface area contributed by atoms with Crippen molar-refractivity contribution in [3.8, 4) is 0 Å². The number of carboxylic acid groups (broad SMARTS) is 1. The maximum atomic E-state index is 13.4. The minimum atomic E-state index is -4.65. The van der Waals surface area contributed by atoms with E-state index in [-0.39, 0.29) is 61.2 Å². The number of carboxylic acids is 1. The molecule has 2 aromatic rings. The Morgan fingerprint density at radius 3 is 1.40 bits per heavy atom. The number of alkyl halides is 6. The van der Waals surface area contributed by atoms with Gasteiger partial charge in [0, 0.05) is 24.5 Å². The van der Waals surface area contributed by atoms with Gasteiger partial charge in [0.1, 0.15) is 12.1 Å². The molecule has 0 aliphatic heterocycles. The molecule has 1 N–H and O–H groups in total. The number of hydrogen-bond donors (Lipinski definition) is 1. The fraction of sp³-hybridized carbons (Fsp3) is 0.667. The molecule has 0 amide bonds. The largest absolute Gasteiger partial charge is 0.480 e. The van der Waals surface area contributed by atoms with E-state index in [2.05, 4.69) is 0 Å². The van der Waals surface area contributed by atoms with Crippen LogP contribution in [0.4, 0.5) is 26.3 Å². The Morgan fingerprint density at radius 2 is 1.09 bits per heavy atom. The zero-order chi connectivity index (χ0) is 40.1. The van der Waals surface area contributed by atoms with Gasteiger partial charge in [-0.25, -0.2) is 9.59 Å². The second-order valence-corrected chi connectivity index (χ2v) is 14.1. The molecule has 2 aromatic heterocycles. The molecule has 0 saturated heterocycles. The normalized spacial score (nSPS) is 13.1. The van der Waals surface area contributed by atoms with Crippen LogP contribution in [0.25, 0.3) is 0 Å². The summed E-state index contributed by atoms with van der Waals surface area (Å²) in [4.78, 5) is 52.1. The second-order valence-electron chi connectivity index (χ2n) is 14.1. The van der Waals surface area contributed by atoms with Crippen molar-refractivity contribution in [1.82, 2.24) is 18.9 Å². The second kappa shape index (κ2) is 22.1. The molecule has 2 unspecified atom stereocenters. The predicted octanol–water partition coefficient (Wildman–Crippen LogP) is 6.97. The van der Waals surface area contributed by atoms with Crippen LogP contribution in [0.5, 0.6) is 0 Å². The van der Waals surface area contributed by atoms with Crippen molar-refractivity contribution in [2.24, 2.45) is 11.8 Å². The Labute approximate surface area is 313 Å². The minimum absolute atomic E-state index is 0. The minimum Gasteiger partial charge on any atom is -0.480 e. The zero-order valence-corrected chi connectivity index (χ0v) is 32.8. The third-order valence-corrected chi connectivity index (χ3v) is 7.94. The first kappa shape index (κ1) is 49.6. The summed E-state index contributed by atoms with van der Waals surface area (Å²) < 4.78 is 86.9. The molecule has 0 saturated carbocycles. The maximum Gasteiger partial charge on any atom is 0.416 e. The molecule has 304 valence electrons. The van der Waals surface area contributed by atoms with Crippen LogP contribution < -0.4 is 11.1 Å². The lowest BCUT2D eigenvalue weighted by atomic mass is 10.0. The Balaban J connectivity index is 0.00000100. The van der Waals surface area contributed by atoms with Gasteiger partial charge in [-0.2, -0.15) is 26.3 Å². The van der Waals surface area contributed by atoms with Crippen LogP contribution in [-0.2, 0) is 39.5 Å². The average Bonchev–Trinajstić information content (AvgIpc) is 2.98. The third-order valence-electron chi connectivity index (χ3n) is 7.94. The fourth-order valence-electron chi connectivity index (χ4n) is 5.56. The molecule has 2 heterocycles. The lowest BCUT2D eigenvalue weighted by Crippen LogP contribution is -2.33. The molecule has 2 atom stereocenters. The molecular formula is C36H55ClF6N4O6. The molecule has 0 aliphatic carbocycles. The van der Waals surface area contributed by atoms with Crippen LogP contribution in [0.2, 0.25) is 0 Å². The lowest BCUT2D eigenvalue weighted by molar-refractivity contribution is -0.148. The number of aliphatic carboxylic acids is 1. The summed E-state index contributed by atoms with van der Waals surface area (Å²) in [7, 11) is 7.30. The number of aromatic nitrogens is 2. The van der Waals surface area contributed by atoms with Gasteiger partial charge < -0.3 is 28.8 Å². The van der Waals surface area contributed by atoms with Gasteiger partial charge >= 0.3 is 24.3 Å². The molecule has 0 spiro atoms. The Morgan fingerprint density at radius 1 is 0.736 bits per heavy atom. The summed E-state index contributed by atoms with van der Waals surface area (Å²) in [5, 5.41) is 9.38. The summed E-state index contributed by atoms with van der Waals surface area (Å²) in [6, 6.07) is -1.01. The van der Waals surface area contributed by atoms with E-state index in [4.69, 9.17) is 4.74 Å². The molecule has 0 aliphatic rings. The quantitative estimate of drug-likeness (QED) is 0.135. The van der Waals surface area contributed by atoms with Crippen LogP contribution in [-0.4, -0.2) is 83.9 Å². The zero-order valence-electron chi connectivity index (χ0n) is 31.9. The molecule has 0 aromatic carbocycles. The van der Waals surface area contributed by atoms with Gasteiger partial charge in [-0.15, -0.1) is 12.4 Å². The van der Waals surface area contributed by atoms with Crippen molar-refractivity contribution >= 4 is 24.3 Å². The van der Waals surface area contributed by atoms with Gasteiger partial charge in [-0.3, -0.25) is 9.59 Å². The smallest absolute Gasteiger partial charge is 0.416 e. The average molecular weight is 789 g/mol. The van der Waals surface area contributed by atoms with Gasteiger partial charge in [0.25, 0.3) is 11.1 Å². The number of esters is 1. The van der Waals surface area contributed by atoms with Gasteiger partial charge in [-0.05, 0) is 110 Å². The van der Waals surface area contributed by atoms with Crippen LogP contribution in [0.3, 0.4) is 0 Å². The van der Waals surface area contributed by atoms with Crippen LogP contribution in [0, 0.1) is 11.8 Å².